The van der Waals surface area contributed by atoms with E-state index in [1.165, 1.54) is 25.9 Å². The van der Waals surface area contributed by atoms with Crippen molar-refractivity contribution in [3.63, 3.8) is 0 Å². The van der Waals surface area contributed by atoms with E-state index in [0.717, 1.165) is 31.5 Å². The molecule has 2 fully saturated rings. The lowest BCUT2D eigenvalue weighted by Crippen LogP contribution is -2.72. The molecule has 0 radical (unpaired) electrons. The highest BCUT2D eigenvalue weighted by molar-refractivity contribution is 14.0. The van der Waals surface area contributed by atoms with Crippen molar-refractivity contribution in [2.75, 3.05) is 39.8 Å². The van der Waals surface area contributed by atoms with Crippen LogP contribution < -0.4 is 5.32 Å². The first kappa shape index (κ1) is 20.0. The molecule has 0 bridgehead atoms. The van der Waals surface area contributed by atoms with Crippen molar-refractivity contribution in [2.45, 2.75) is 53.0 Å². The van der Waals surface area contributed by atoms with Crippen molar-refractivity contribution in [2.24, 2.45) is 16.3 Å². The molecule has 4 nitrogen and oxygen atoms in total. The van der Waals surface area contributed by atoms with Crippen molar-refractivity contribution < 1.29 is 0 Å². The van der Waals surface area contributed by atoms with Crippen LogP contribution in [0.4, 0.5) is 0 Å². The van der Waals surface area contributed by atoms with E-state index in [1.807, 2.05) is 0 Å². The molecular weight excluding hydrogens is 387 g/mol. The summed E-state index contributed by atoms with van der Waals surface area (Å²) in [5.41, 5.74) is 0.533. The van der Waals surface area contributed by atoms with Gasteiger partial charge in [0.05, 0.1) is 0 Å². The zero-order chi connectivity index (χ0) is 15.7. The highest BCUT2D eigenvalue weighted by atomic mass is 127. The lowest BCUT2D eigenvalue weighted by Gasteiger charge is -2.62. The van der Waals surface area contributed by atoms with E-state index in [2.05, 4.69) is 56.8 Å². The van der Waals surface area contributed by atoms with E-state index in [-0.39, 0.29) is 29.5 Å². The van der Waals surface area contributed by atoms with Crippen LogP contribution in [0.25, 0.3) is 0 Å². The van der Waals surface area contributed by atoms with Gasteiger partial charge in [0.15, 0.2) is 5.96 Å². The standard InChI is InChI=1S/C17H34N4.HI/c1-7-18-15(21-13-16(2,3)17(21,4)5)19-11-14-9-8-10-20(6)12-14;/h14H,7-13H2,1-6H3,(H,18,19);1H. The van der Waals surface area contributed by atoms with Crippen LogP contribution in [0.1, 0.15) is 47.5 Å². The summed E-state index contributed by atoms with van der Waals surface area (Å²) in [6.07, 6.45) is 2.64. The molecule has 22 heavy (non-hydrogen) atoms. The Morgan fingerprint density at radius 1 is 1.27 bits per heavy atom. The summed E-state index contributed by atoms with van der Waals surface area (Å²) in [4.78, 5) is 9.84. The van der Waals surface area contributed by atoms with Crippen LogP contribution in [0.3, 0.4) is 0 Å². The minimum Gasteiger partial charge on any atom is -0.356 e. The summed E-state index contributed by atoms with van der Waals surface area (Å²) in [7, 11) is 2.22. The van der Waals surface area contributed by atoms with Gasteiger partial charge in [0.25, 0.3) is 0 Å². The highest BCUT2D eigenvalue weighted by Crippen LogP contribution is 2.46. The van der Waals surface area contributed by atoms with Gasteiger partial charge < -0.3 is 15.1 Å². The smallest absolute Gasteiger partial charge is 0.194 e. The minimum atomic E-state index is 0. The molecule has 1 atom stereocenters. The first-order chi connectivity index (χ1) is 9.78. The largest absolute Gasteiger partial charge is 0.356 e. The van der Waals surface area contributed by atoms with Crippen LogP contribution in [0.5, 0.6) is 0 Å². The summed E-state index contributed by atoms with van der Waals surface area (Å²) in [6.45, 7) is 16.9. The normalized spacial score (nSPS) is 27.8. The summed E-state index contributed by atoms with van der Waals surface area (Å²) in [5, 5.41) is 3.49. The molecule has 130 valence electrons. The summed E-state index contributed by atoms with van der Waals surface area (Å²) < 4.78 is 0. The van der Waals surface area contributed by atoms with Crippen molar-refractivity contribution in [1.29, 1.82) is 0 Å². The molecule has 1 N–H and O–H groups in total. The summed E-state index contributed by atoms with van der Waals surface area (Å²) in [6, 6.07) is 0. The maximum absolute atomic E-state index is 4.96. The molecule has 0 amide bonds. The predicted molar refractivity (Wildman–Crippen MR) is 106 cm³/mol. The molecule has 2 aliphatic heterocycles. The number of hydrogen-bond acceptors (Lipinski definition) is 2. The van der Waals surface area contributed by atoms with Crippen molar-refractivity contribution in [3.8, 4) is 0 Å². The van der Waals surface area contributed by atoms with E-state index in [9.17, 15) is 0 Å². The van der Waals surface area contributed by atoms with Crippen LogP contribution in [0.2, 0.25) is 0 Å². The van der Waals surface area contributed by atoms with Crippen LogP contribution in [0, 0.1) is 11.3 Å². The molecule has 2 heterocycles. The van der Waals surface area contributed by atoms with Crippen molar-refractivity contribution in [1.82, 2.24) is 15.1 Å². The Labute approximate surface area is 154 Å². The van der Waals surface area contributed by atoms with Gasteiger partial charge in [-0.1, -0.05) is 13.8 Å². The summed E-state index contributed by atoms with van der Waals surface area (Å²) >= 11 is 0. The number of piperidine rings is 1. The Bertz CT molecular complexity index is 392. The van der Waals surface area contributed by atoms with E-state index < -0.39 is 0 Å². The third-order valence-electron chi connectivity index (χ3n) is 5.70. The average Bonchev–Trinajstić information content (AvgIpc) is 2.41. The fourth-order valence-electron chi connectivity index (χ4n) is 3.43. The molecule has 2 saturated heterocycles. The Balaban J connectivity index is 0.00000242. The Morgan fingerprint density at radius 2 is 1.95 bits per heavy atom. The van der Waals surface area contributed by atoms with Gasteiger partial charge in [-0.15, -0.1) is 24.0 Å². The molecule has 2 rings (SSSR count). The number of guanidine groups is 1. The number of likely N-dealkylation sites (tertiary alicyclic amines) is 2. The van der Waals surface area contributed by atoms with Gasteiger partial charge in [0, 0.05) is 37.1 Å². The van der Waals surface area contributed by atoms with Crippen molar-refractivity contribution >= 4 is 29.9 Å². The molecule has 0 aromatic heterocycles. The van der Waals surface area contributed by atoms with Gasteiger partial charge in [-0.2, -0.15) is 0 Å². The van der Waals surface area contributed by atoms with Crippen LogP contribution >= 0.6 is 24.0 Å². The number of nitrogens with zero attached hydrogens (tertiary/aromatic N) is 3. The zero-order valence-electron chi connectivity index (χ0n) is 15.3. The number of rotatable bonds is 3. The highest BCUT2D eigenvalue weighted by Gasteiger charge is 2.53. The van der Waals surface area contributed by atoms with Gasteiger partial charge in [0.1, 0.15) is 0 Å². The number of nitrogens with one attached hydrogen (secondary N) is 1. The van der Waals surface area contributed by atoms with E-state index >= 15 is 0 Å². The average molecular weight is 422 g/mol. The topological polar surface area (TPSA) is 30.9 Å². The van der Waals surface area contributed by atoms with Crippen LogP contribution in [0.15, 0.2) is 4.99 Å². The van der Waals surface area contributed by atoms with Crippen molar-refractivity contribution in [3.05, 3.63) is 0 Å². The summed E-state index contributed by atoms with van der Waals surface area (Å²) in [5.74, 6) is 1.82. The first-order valence-electron chi connectivity index (χ1n) is 8.52. The minimum absolute atomic E-state index is 0. The lowest BCUT2D eigenvalue weighted by atomic mass is 9.65. The van der Waals surface area contributed by atoms with E-state index in [1.54, 1.807) is 0 Å². The second kappa shape index (κ2) is 7.69. The number of hydrogen-bond donors (Lipinski definition) is 1. The zero-order valence-corrected chi connectivity index (χ0v) is 17.6. The van der Waals surface area contributed by atoms with Gasteiger partial charge in [-0.25, -0.2) is 0 Å². The Morgan fingerprint density at radius 3 is 2.45 bits per heavy atom. The molecule has 5 heteroatoms. The fraction of sp³-hybridized carbons (Fsp3) is 0.941. The van der Waals surface area contributed by atoms with E-state index in [0.29, 0.717) is 5.41 Å². The molecule has 0 aromatic rings. The van der Waals surface area contributed by atoms with Gasteiger partial charge in [-0.3, -0.25) is 4.99 Å². The fourth-order valence-corrected chi connectivity index (χ4v) is 3.43. The molecule has 0 spiro atoms. The number of halogens is 1. The van der Waals surface area contributed by atoms with Gasteiger partial charge >= 0.3 is 0 Å². The van der Waals surface area contributed by atoms with E-state index in [4.69, 9.17) is 4.99 Å². The molecule has 1 unspecified atom stereocenters. The number of aliphatic imine (C=N–C) groups is 1. The Hall–Kier alpha value is -0.0400. The molecule has 2 aliphatic rings. The molecular formula is C17H35IN4. The lowest BCUT2D eigenvalue weighted by molar-refractivity contribution is -0.0668. The third kappa shape index (κ3) is 4.08. The third-order valence-corrected chi connectivity index (χ3v) is 5.70. The Kier molecular flexibility index (Phi) is 6.99. The van der Waals surface area contributed by atoms with Gasteiger partial charge in [-0.05, 0) is 53.1 Å². The van der Waals surface area contributed by atoms with Gasteiger partial charge in [0.2, 0.25) is 0 Å². The van der Waals surface area contributed by atoms with Crippen LogP contribution in [-0.4, -0.2) is 61.1 Å². The maximum atomic E-state index is 4.96. The predicted octanol–water partition coefficient (Wildman–Crippen LogP) is 3.03. The second-order valence-electron chi connectivity index (χ2n) is 7.99. The first-order valence-corrected chi connectivity index (χ1v) is 8.52. The molecule has 0 saturated carbocycles. The second-order valence-corrected chi connectivity index (χ2v) is 7.99. The van der Waals surface area contributed by atoms with Crippen LogP contribution in [-0.2, 0) is 0 Å². The SMILES string of the molecule is CCNC(=NCC1CCCN(C)C1)N1CC(C)(C)C1(C)C.I. The monoisotopic (exact) mass is 422 g/mol. The molecule has 0 aromatic carbocycles. The molecule has 0 aliphatic carbocycles. The maximum Gasteiger partial charge on any atom is 0.194 e. The quantitative estimate of drug-likeness (QED) is 0.431.